The Morgan fingerprint density at radius 2 is 1.70 bits per heavy atom. The van der Waals surface area contributed by atoms with Gasteiger partial charge in [0.1, 0.15) is 0 Å². The van der Waals surface area contributed by atoms with E-state index in [1.807, 2.05) is 0 Å². The molecule has 5 aliphatic carbocycles. The maximum atomic E-state index is 14.8. The van der Waals surface area contributed by atoms with Crippen molar-refractivity contribution in [1.29, 1.82) is 0 Å². The van der Waals surface area contributed by atoms with Crippen molar-refractivity contribution in [3.63, 3.8) is 0 Å². The molecule has 0 spiro atoms. The minimum Gasteiger partial charge on any atom is -0.369 e. The van der Waals surface area contributed by atoms with Crippen LogP contribution in [0.1, 0.15) is 71.1 Å². The lowest BCUT2D eigenvalue weighted by Gasteiger charge is -2.56. The molecule has 33 heavy (non-hydrogen) atoms. The largest absolute Gasteiger partial charge is 0.448 e. The van der Waals surface area contributed by atoms with Gasteiger partial charge in [-0.1, -0.05) is 12.8 Å². The van der Waals surface area contributed by atoms with Gasteiger partial charge in [-0.15, -0.1) is 4.28 Å². The van der Waals surface area contributed by atoms with Crippen LogP contribution in [0.4, 0.5) is 8.78 Å². The molecule has 2 amide bonds. The summed E-state index contributed by atoms with van der Waals surface area (Å²) < 4.78 is 59.1. The fourth-order valence-electron chi connectivity index (χ4n) is 7.85. The van der Waals surface area contributed by atoms with E-state index in [1.54, 1.807) is 0 Å². The summed E-state index contributed by atoms with van der Waals surface area (Å²) in [5.41, 5.74) is -2.31. The van der Waals surface area contributed by atoms with E-state index in [-0.39, 0.29) is 17.0 Å². The van der Waals surface area contributed by atoms with Crippen LogP contribution in [0.25, 0.3) is 0 Å². The summed E-state index contributed by atoms with van der Waals surface area (Å²) in [6.45, 7) is 1.19. The van der Waals surface area contributed by atoms with Crippen molar-refractivity contribution in [1.82, 2.24) is 10.4 Å². The van der Waals surface area contributed by atoms with Crippen LogP contribution >= 0.6 is 0 Å². The normalized spacial score (nSPS) is 42.5. The van der Waals surface area contributed by atoms with Gasteiger partial charge in [-0.25, -0.2) is 0 Å². The third kappa shape index (κ3) is 3.69. The van der Waals surface area contributed by atoms with Gasteiger partial charge < -0.3 is 10.4 Å². The van der Waals surface area contributed by atoms with Crippen LogP contribution in [0.5, 0.6) is 0 Å². The zero-order valence-electron chi connectivity index (χ0n) is 18.8. The molecule has 6 rings (SSSR count). The lowest BCUT2D eigenvalue weighted by molar-refractivity contribution is -0.223. The van der Waals surface area contributed by atoms with Gasteiger partial charge in [0.2, 0.25) is 0 Å². The molecule has 1 heterocycles. The molecule has 1 aliphatic heterocycles. The van der Waals surface area contributed by atoms with Gasteiger partial charge in [0.15, 0.2) is 5.72 Å². The molecule has 8 nitrogen and oxygen atoms in total. The SMILES string of the molecule is CC1(O)C2CCCCC2C(=O)N1OS(=O)(=O)C(F)(F)C(=O)NCC12CC3CC(CC(C3)C1)C2. The van der Waals surface area contributed by atoms with Gasteiger partial charge >= 0.3 is 21.3 Å². The molecular formula is C22H32F2N2O6S. The van der Waals surface area contributed by atoms with E-state index >= 15 is 0 Å². The molecule has 0 radical (unpaired) electrons. The third-order valence-corrected chi connectivity index (χ3v) is 10.1. The monoisotopic (exact) mass is 490 g/mol. The van der Waals surface area contributed by atoms with Crippen molar-refractivity contribution >= 4 is 21.9 Å². The minimum atomic E-state index is -5.87. The van der Waals surface area contributed by atoms with E-state index in [1.165, 1.54) is 6.92 Å². The van der Waals surface area contributed by atoms with Crippen LogP contribution < -0.4 is 5.32 Å². The Hall–Kier alpha value is -1.33. The van der Waals surface area contributed by atoms with Crippen LogP contribution in [-0.4, -0.2) is 47.9 Å². The molecule has 0 aromatic heterocycles. The molecule has 186 valence electrons. The number of hydroxylamine groups is 2. The summed E-state index contributed by atoms with van der Waals surface area (Å²) in [6.07, 6.45) is 8.35. The van der Waals surface area contributed by atoms with Gasteiger partial charge in [0.05, 0.1) is 0 Å². The van der Waals surface area contributed by atoms with Crippen LogP contribution in [0.2, 0.25) is 0 Å². The highest BCUT2D eigenvalue weighted by atomic mass is 32.2. The molecule has 0 aromatic carbocycles. The summed E-state index contributed by atoms with van der Waals surface area (Å²) in [6, 6.07) is 0. The Morgan fingerprint density at radius 1 is 1.15 bits per heavy atom. The minimum absolute atomic E-state index is 0.00491. The number of nitrogens with zero attached hydrogens (tertiary/aromatic N) is 1. The van der Waals surface area contributed by atoms with E-state index in [9.17, 15) is 31.9 Å². The summed E-state index contributed by atoms with van der Waals surface area (Å²) in [4.78, 5) is 25.0. The first-order valence-corrected chi connectivity index (χ1v) is 13.4. The summed E-state index contributed by atoms with van der Waals surface area (Å²) in [5, 5.41) is 8.17. The lowest BCUT2D eigenvalue weighted by Crippen LogP contribution is -2.56. The second kappa shape index (κ2) is 7.58. The van der Waals surface area contributed by atoms with E-state index in [0.717, 1.165) is 44.9 Å². The Kier molecular flexibility index (Phi) is 5.38. The number of fused-ring (bicyclic) bond motifs is 1. The van der Waals surface area contributed by atoms with E-state index < -0.39 is 44.7 Å². The number of hydrogen-bond acceptors (Lipinski definition) is 6. The number of amides is 2. The highest BCUT2D eigenvalue weighted by Gasteiger charge is 2.62. The number of alkyl halides is 2. The molecule has 6 fully saturated rings. The zero-order valence-corrected chi connectivity index (χ0v) is 19.6. The first kappa shape index (κ1) is 23.4. The van der Waals surface area contributed by atoms with Crippen molar-refractivity contribution in [3.8, 4) is 0 Å². The van der Waals surface area contributed by atoms with Gasteiger partial charge in [-0.2, -0.15) is 22.3 Å². The highest BCUT2D eigenvalue weighted by Crippen LogP contribution is 2.59. The second-order valence-electron chi connectivity index (χ2n) is 11.4. The topological polar surface area (TPSA) is 113 Å². The van der Waals surface area contributed by atoms with Crippen LogP contribution in [0, 0.1) is 35.0 Å². The predicted molar refractivity (Wildman–Crippen MR) is 111 cm³/mol. The molecule has 3 unspecified atom stereocenters. The third-order valence-electron chi connectivity index (χ3n) is 8.94. The van der Waals surface area contributed by atoms with Crippen molar-refractivity contribution in [2.75, 3.05) is 6.54 Å². The highest BCUT2D eigenvalue weighted by molar-refractivity contribution is 7.88. The van der Waals surface area contributed by atoms with E-state index in [2.05, 4.69) is 9.60 Å². The molecule has 3 atom stereocenters. The molecule has 11 heteroatoms. The van der Waals surface area contributed by atoms with Gasteiger partial charge in [0.25, 0.3) is 5.91 Å². The molecular weight excluding hydrogens is 458 g/mol. The standard InChI is InChI=1S/C22H32F2N2O6S/c1-20(29)17-5-3-2-4-16(17)18(27)26(20)32-33(30,31)22(23,24)19(28)25-12-21-9-13-6-14(10-21)8-15(7-13)11-21/h13-17,29H,2-12H2,1H3,(H,25,28). The lowest BCUT2D eigenvalue weighted by atomic mass is 9.49. The van der Waals surface area contributed by atoms with E-state index in [4.69, 9.17) is 0 Å². The van der Waals surface area contributed by atoms with Gasteiger partial charge in [0, 0.05) is 18.4 Å². The Bertz CT molecular complexity index is 917. The first-order chi connectivity index (χ1) is 15.3. The Labute approximate surface area is 192 Å². The molecule has 6 aliphatic rings. The first-order valence-electron chi connectivity index (χ1n) is 12.0. The fourth-order valence-corrected chi connectivity index (χ4v) is 8.67. The number of aliphatic hydroxyl groups is 1. The van der Waals surface area contributed by atoms with Crippen LogP contribution in [-0.2, 0) is 24.0 Å². The molecule has 4 bridgehead atoms. The maximum absolute atomic E-state index is 14.8. The maximum Gasteiger partial charge on any atom is 0.448 e. The second-order valence-corrected chi connectivity index (χ2v) is 12.9. The van der Waals surface area contributed by atoms with Crippen LogP contribution in [0.3, 0.4) is 0 Å². The van der Waals surface area contributed by atoms with Crippen molar-refractivity contribution in [2.24, 2.45) is 35.0 Å². The van der Waals surface area contributed by atoms with Gasteiger partial charge in [-0.3, -0.25) is 9.59 Å². The molecule has 0 aromatic rings. The Morgan fingerprint density at radius 3 is 2.24 bits per heavy atom. The summed E-state index contributed by atoms with van der Waals surface area (Å²) in [7, 11) is -5.87. The smallest absolute Gasteiger partial charge is 0.369 e. The molecule has 5 saturated carbocycles. The van der Waals surface area contributed by atoms with E-state index in [0.29, 0.717) is 37.0 Å². The average Bonchev–Trinajstić information content (AvgIpc) is 2.92. The number of rotatable bonds is 6. The summed E-state index contributed by atoms with van der Waals surface area (Å²) in [5.74, 6) is -2.47. The summed E-state index contributed by atoms with van der Waals surface area (Å²) >= 11 is 0. The Balaban J connectivity index is 1.27. The van der Waals surface area contributed by atoms with Crippen molar-refractivity contribution < 1.29 is 36.2 Å². The predicted octanol–water partition coefficient (Wildman–Crippen LogP) is 2.53. The van der Waals surface area contributed by atoms with Crippen molar-refractivity contribution in [2.45, 2.75) is 82.1 Å². The number of carbonyl (C=O) groups excluding carboxylic acids is 2. The molecule has 1 saturated heterocycles. The average molecular weight is 491 g/mol. The number of hydrogen-bond donors (Lipinski definition) is 2. The molecule has 2 N–H and O–H groups in total. The van der Waals surface area contributed by atoms with Crippen molar-refractivity contribution in [3.05, 3.63) is 0 Å². The quantitative estimate of drug-likeness (QED) is 0.592. The fraction of sp³-hybridized carbons (Fsp3) is 0.909. The zero-order chi connectivity index (χ0) is 23.8. The number of halogens is 2. The number of nitrogens with one attached hydrogen (secondary N) is 1. The van der Waals surface area contributed by atoms with Crippen LogP contribution in [0.15, 0.2) is 0 Å². The number of carbonyl (C=O) groups is 2. The van der Waals surface area contributed by atoms with Gasteiger partial charge in [-0.05, 0) is 81.5 Å².